The lowest BCUT2D eigenvalue weighted by Crippen LogP contribution is -2.01. The average molecular weight is 262 g/mol. The van der Waals surface area contributed by atoms with Crippen LogP contribution in [0.3, 0.4) is 0 Å². The Hall–Kier alpha value is -1.75. The zero-order valence-corrected chi connectivity index (χ0v) is 11.3. The van der Waals surface area contributed by atoms with E-state index in [4.69, 9.17) is 0 Å². The SMILES string of the molecule is CSc1ccc(-c2c(C(=O)O)nc(C)n2C)cc1. The van der Waals surface area contributed by atoms with Crippen LogP contribution < -0.4 is 0 Å². The number of imidazole rings is 1. The van der Waals surface area contributed by atoms with Gasteiger partial charge in [-0.25, -0.2) is 9.78 Å². The number of hydrogen-bond acceptors (Lipinski definition) is 3. The lowest BCUT2D eigenvalue weighted by Gasteiger charge is -2.06. The highest BCUT2D eigenvalue weighted by Gasteiger charge is 2.19. The molecule has 0 amide bonds. The lowest BCUT2D eigenvalue weighted by atomic mass is 10.1. The van der Waals surface area contributed by atoms with E-state index >= 15 is 0 Å². The molecule has 0 aliphatic carbocycles. The molecular weight excluding hydrogens is 248 g/mol. The van der Waals surface area contributed by atoms with Gasteiger partial charge in [0, 0.05) is 17.5 Å². The Morgan fingerprint density at radius 2 is 1.94 bits per heavy atom. The highest BCUT2D eigenvalue weighted by atomic mass is 32.2. The van der Waals surface area contributed by atoms with Crippen LogP contribution in [-0.2, 0) is 7.05 Å². The minimum absolute atomic E-state index is 0.104. The van der Waals surface area contributed by atoms with E-state index in [9.17, 15) is 9.90 Å². The van der Waals surface area contributed by atoms with Crippen molar-refractivity contribution in [2.24, 2.45) is 7.05 Å². The Morgan fingerprint density at radius 1 is 1.33 bits per heavy atom. The molecule has 0 unspecified atom stereocenters. The molecular formula is C13H14N2O2S. The molecule has 4 nitrogen and oxygen atoms in total. The molecule has 1 heterocycles. The summed E-state index contributed by atoms with van der Waals surface area (Å²) in [6.07, 6.45) is 2.01. The molecule has 0 saturated carbocycles. The van der Waals surface area contributed by atoms with E-state index in [0.29, 0.717) is 11.5 Å². The summed E-state index contributed by atoms with van der Waals surface area (Å²) in [5.41, 5.74) is 1.62. The number of aromatic nitrogens is 2. The van der Waals surface area contributed by atoms with Crippen LogP contribution in [-0.4, -0.2) is 26.9 Å². The molecule has 0 fully saturated rings. The molecule has 94 valence electrons. The third-order valence-corrected chi connectivity index (χ3v) is 3.63. The molecule has 0 spiro atoms. The van der Waals surface area contributed by atoms with Gasteiger partial charge in [0.1, 0.15) is 5.82 Å². The summed E-state index contributed by atoms with van der Waals surface area (Å²) in [6, 6.07) is 7.81. The summed E-state index contributed by atoms with van der Waals surface area (Å²) in [4.78, 5) is 16.4. The number of carboxylic acids is 1. The van der Waals surface area contributed by atoms with Crippen molar-refractivity contribution in [3.8, 4) is 11.3 Å². The Labute approximate surface area is 110 Å². The quantitative estimate of drug-likeness (QED) is 0.864. The largest absolute Gasteiger partial charge is 0.476 e. The molecule has 1 N–H and O–H groups in total. The van der Waals surface area contributed by atoms with Crippen molar-refractivity contribution in [2.45, 2.75) is 11.8 Å². The van der Waals surface area contributed by atoms with Crippen molar-refractivity contribution in [1.82, 2.24) is 9.55 Å². The van der Waals surface area contributed by atoms with Crippen LogP contribution in [0.25, 0.3) is 11.3 Å². The molecule has 0 radical (unpaired) electrons. The number of carbonyl (C=O) groups is 1. The van der Waals surface area contributed by atoms with Crippen LogP contribution in [0.2, 0.25) is 0 Å². The molecule has 2 rings (SSSR count). The van der Waals surface area contributed by atoms with E-state index < -0.39 is 5.97 Å². The van der Waals surface area contributed by atoms with Gasteiger partial charge in [-0.05, 0) is 25.3 Å². The van der Waals surface area contributed by atoms with Gasteiger partial charge in [-0.15, -0.1) is 11.8 Å². The second-order valence-corrected chi connectivity index (χ2v) is 4.83. The van der Waals surface area contributed by atoms with Crippen molar-refractivity contribution in [3.05, 3.63) is 35.8 Å². The van der Waals surface area contributed by atoms with E-state index in [2.05, 4.69) is 4.98 Å². The predicted molar refractivity (Wildman–Crippen MR) is 72.1 cm³/mol. The summed E-state index contributed by atoms with van der Waals surface area (Å²) in [6.45, 7) is 1.80. The first-order valence-corrected chi connectivity index (χ1v) is 6.68. The minimum atomic E-state index is -0.998. The van der Waals surface area contributed by atoms with Gasteiger partial charge in [-0.1, -0.05) is 12.1 Å². The van der Waals surface area contributed by atoms with Crippen LogP contribution in [0.15, 0.2) is 29.2 Å². The van der Waals surface area contributed by atoms with Crippen LogP contribution in [0.1, 0.15) is 16.3 Å². The van der Waals surface area contributed by atoms with Gasteiger partial charge in [0.2, 0.25) is 0 Å². The number of aromatic carboxylic acids is 1. The second-order valence-electron chi connectivity index (χ2n) is 3.95. The maximum Gasteiger partial charge on any atom is 0.356 e. The molecule has 0 aliphatic rings. The number of hydrogen-bond donors (Lipinski definition) is 1. The standard InChI is InChI=1S/C13H14N2O2S/c1-8-14-11(13(16)17)12(15(8)2)9-4-6-10(18-3)7-5-9/h4-7H,1-3H3,(H,16,17). The first-order valence-electron chi connectivity index (χ1n) is 5.45. The molecule has 1 aromatic heterocycles. The van der Waals surface area contributed by atoms with Crippen LogP contribution in [0, 0.1) is 6.92 Å². The molecule has 5 heteroatoms. The normalized spacial score (nSPS) is 10.6. The number of nitrogens with zero attached hydrogens (tertiary/aromatic N) is 2. The summed E-state index contributed by atoms with van der Waals surface area (Å²) in [7, 11) is 1.83. The molecule has 0 atom stereocenters. The highest BCUT2D eigenvalue weighted by molar-refractivity contribution is 7.98. The smallest absolute Gasteiger partial charge is 0.356 e. The second kappa shape index (κ2) is 4.86. The molecule has 18 heavy (non-hydrogen) atoms. The fourth-order valence-electron chi connectivity index (χ4n) is 1.84. The van der Waals surface area contributed by atoms with E-state index in [1.54, 1.807) is 23.3 Å². The molecule has 0 bridgehead atoms. The van der Waals surface area contributed by atoms with Crippen molar-refractivity contribution >= 4 is 17.7 Å². The van der Waals surface area contributed by atoms with E-state index in [0.717, 1.165) is 10.5 Å². The Balaban J connectivity index is 2.58. The molecule has 0 aliphatic heterocycles. The number of aryl methyl sites for hydroxylation is 1. The summed E-state index contributed by atoms with van der Waals surface area (Å²) in [5.74, 6) is -0.306. The van der Waals surface area contributed by atoms with Gasteiger partial charge in [0.05, 0.1) is 5.69 Å². The molecule has 2 aromatic rings. The fraction of sp³-hybridized carbons (Fsp3) is 0.231. The van der Waals surface area contributed by atoms with E-state index in [1.165, 1.54) is 0 Å². The van der Waals surface area contributed by atoms with Crippen molar-refractivity contribution in [1.29, 1.82) is 0 Å². The van der Waals surface area contributed by atoms with Gasteiger partial charge in [0.25, 0.3) is 0 Å². The van der Waals surface area contributed by atoms with Crippen LogP contribution in [0.5, 0.6) is 0 Å². The zero-order valence-electron chi connectivity index (χ0n) is 10.5. The van der Waals surface area contributed by atoms with Crippen molar-refractivity contribution < 1.29 is 9.90 Å². The molecule has 0 saturated heterocycles. The highest BCUT2D eigenvalue weighted by Crippen LogP contribution is 2.26. The predicted octanol–water partition coefficient (Wildman–Crippen LogP) is 2.82. The average Bonchev–Trinajstić information content (AvgIpc) is 2.66. The van der Waals surface area contributed by atoms with Gasteiger partial charge in [-0.2, -0.15) is 0 Å². The number of benzene rings is 1. The number of carboxylic acid groups (broad SMARTS) is 1. The van der Waals surface area contributed by atoms with Gasteiger partial charge < -0.3 is 9.67 Å². The third kappa shape index (κ3) is 2.13. The zero-order chi connectivity index (χ0) is 13.3. The minimum Gasteiger partial charge on any atom is -0.476 e. The first-order chi connectivity index (χ1) is 8.54. The number of thioether (sulfide) groups is 1. The van der Waals surface area contributed by atoms with Gasteiger partial charge in [-0.3, -0.25) is 0 Å². The maximum absolute atomic E-state index is 11.2. The van der Waals surface area contributed by atoms with Crippen molar-refractivity contribution in [3.63, 3.8) is 0 Å². The topological polar surface area (TPSA) is 55.1 Å². The first kappa shape index (κ1) is 12.7. The van der Waals surface area contributed by atoms with Gasteiger partial charge in [0.15, 0.2) is 5.69 Å². The Bertz CT molecular complexity index is 588. The Morgan fingerprint density at radius 3 is 2.44 bits per heavy atom. The third-order valence-electron chi connectivity index (χ3n) is 2.88. The van der Waals surface area contributed by atoms with Crippen LogP contribution >= 0.6 is 11.8 Å². The Kier molecular flexibility index (Phi) is 3.43. The summed E-state index contributed by atoms with van der Waals surface area (Å²) in [5, 5.41) is 9.19. The fourth-order valence-corrected chi connectivity index (χ4v) is 2.25. The summed E-state index contributed by atoms with van der Waals surface area (Å²) >= 11 is 1.65. The maximum atomic E-state index is 11.2. The molecule has 1 aromatic carbocycles. The van der Waals surface area contributed by atoms with E-state index in [1.807, 2.05) is 37.6 Å². The van der Waals surface area contributed by atoms with Crippen molar-refractivity contribution in [2.75, 3.05) is 6.26 Å². The monoisotopic (exact) mass is 262 g/mol. The van der Waals surface area contributed by atoms with E-state index in [-0.39, 0.29) is 5.69 Å². The lowest BCUT2D eigenvalue weighted by molar-refractivity contribution is 0.0692. The van der Waals surface area contributed by atoms with Crippen LogP contribution in [0.4, 0.5) is 0 Å². The number of rotatable bonds is 3. The summed E-state index contributed by atoms with van der Waals surface area (Å²) < 4.78 is 1.80. The van der Waals surface area contributed by atoms with Gasteiger partial charge >= 0.3 is 5.97 Å².